The monoisotopic (exact) mass is 398 g/mol. The number of nitrogens with one attached hydrogen (secondary N) is 1. The van der Waals surface area contributed by atoms with Crippen LogP contribution in [0.2, 0.25) is 0 Å². The Labute approximate surface area is 156 Å². The molecule has 0 aliphatic carbocycles. The standard InChI is InChI=1S/C18H17F3N2O5/c1-10-2-4-11(5-3-10)16(25)27-9-12-6-7-14(28-12)23-8-13(18(19,20)21)15(24)22-17(23)26/h2-5,8,12,14H,6-7,9H2,1H3,(H,22,24,26)/t12-,14+/m0/s1. The summed E-state index contributed by atoms with van der Waals surface area (Å²) < 4.78 is 50.1. The first kappa shape index (κ1) is 19.9. The molecule has 1 aromatic heterocycles. The maximum Gasteiger partial charge on any atom is 0.423 e. The molecule has 0 spiro atoms. The third-order valence-corrected chi connectivity index (χ3v) is 4.36. The molecule has 0 unspecified atom stereocenters. The first-order valence-corrected chi connectivity index (χ1v) is 8.47. The number of carbonyl (C=O) groups excluding carboxylic acids is 1. The van der Waals surface area contributed by atoms with Gasteiger partial charge in [0.2, 0.25) is 0 Å². The number of alkyl halides is 3. The van der Waals surface area contributed by atoms with Gasteiger partial charge in [-0.1, -0.05) is 17.7 Å². The summed E-state index contributed by atoms with van der Waals surface area (Å²) in [5.74, 6) is -0.549. The molecule has 28 heavy (non-hydrogen) atoms. The molecule has 1 N–H and O–H groups in total. The Balaban J connectivity index is 1.66. The Morgan fingerprint density at radius 2 is 1.93 bits per heavy atom. The number of ether oxygens (including phenoxy) is 2. The average Bonchev–Trinajstić information content (AvgIpc) is 3.08. The van der Waals surface area contributed by atoms with E-state index in [0.29, 0.717) is 22.7 Å². The van der Waals surface area contributed by atoms with Gasteiger partial charge in [0.15, 0.2) is 0 Å². The van der Waals surface area contributed by atoms with Gasteiger partial charge in [0.05, 0.1) is 11.7 Å². The van der Waals surface area contributed by atoms with Crippen LogP contribution >= 0.6 is 0 Å². The molecule has 3 rings (SSSR count). The quantitative estimate of drug-likeness (QED) is 0.799. The van der Waals surface area contributed by atoms with Gasteiger partial charge in [0.25, 0.3) is 5.56 Å². The molecule has 10 heteroatoms. The molecule has 2 atom stereocenters. The molecule has 7 nitrogen and oxygen atoms in total. The number of aromatic nitrogens is 2. The SMILES string of the molecule is Cc1ccc(C(=O)OC[C@@H]2CC[C@H](n3cc(C(F)(F)F)c(=O)[nH]c3=O)O2)cc1. The lowest BCUT2D eigenvalue weighted by Gasteiger charge is -2.17. The van der Waals surface area contributed by atoms with Gasteiger partial charge in [0.1, 0.15) is 18.4 Å². The number of aryl methyl sites for hydroxylation is 1. The first-order valence-electron chi connectivity index (χ1n) is 8.47. The van der Waals surface area contributed by atoms with Gasteiger partial charge in [-0.2, -0.15) is 13.2 Å². The highest BCUT2D eigenvalue weighted by molar-refractivity contribution is 5.89. The van der Waals surface area contributed by atoms with Crippen molar-refractivity contribution in [3.63, 3.8) is 0 Å². The zero-order valence-electron chi connectivity index (χ0n) is 14.8. The topological polar surface area (TPSA) is 90.4 Å². The smallest absolute Gasteiger partial charge is 0.423 e. The predicted octanol–water partition coefficient (Wildman–Crippen LogP) is 2.40. The molecule has 1 aliphatic heterocycles. The summed E-state index contributed by atoms with van der Waals surface area (Å²) in [6, 6.07) is 6.77. The predicted molar refractivity (Wildman–Crippen MR) is 90.9 cm³/mol. The number of H-pyrrole nitrogens is 1. The molecule has 0 bridgehead atoms. The highest BCUT2D eigenvalue weighted by atomic mass is 19.4. The Hall–Kier alpha value is -2.88. The maximum atomic E-state index is 12.9. The van der Waals surface area contributed by atoms with Crippen molar-refractivity contribution in [2.45, 2.75) is 38.3 Å². The van der Waals surface area contributed by atoms with Crippen molar-refractivity contribution < 1.29 is 27.4 Å². The van der Waals surface area contributed by atoms with E-state index in [4.69, 9.17) is 9.47 Å². The molecule has 0 saturated carbocycles. The van der Waals surface area contributed by atoms with Crippen molar-refractivity contribution >= 4 is 5.97 Å². The number of aromatic amines is 1. The van der Waals surface area contributed by atoms with Crippen LogP contribution in [0.5, 0.6) is 0 Å². The number of halogens is 3. The third kappa shape index (κ3) is 4.33. The van der Waals surface area contributed by atoms with Crippen molar-refractivity contribution in [2.75, 3.05) is 6.61 Å². The van der Waals surface area contributed by atoms with Crippen molar-refractivity contribution in [1.29, 1.82) is 0 Å². The molecule has 1 fully saturated rings. The Kier molecular flexibility index (Phi) is 5.41. The lowest BCUT2D eigenvalue weighted by atomic mass is 10.1. The lowest BCUT2D eigenvalue weighted by Crippen LogP contribution is -2.36. The van der Waals surface area contributed by atoms with Gasteiger partial charge >= 0.3 is 17.8 Å². The minimum atomic E-state index is -4.90. The fourth-order valence-electron chi connectivity index (χ4n) is 2.86. The van der Waals surface area contributed by atoms with E-state index in [0.717, 1.165) is 5.56 Å². The summed E-state index contributed by atoms with van der Waals surface area (Å²) in [5.41, 5.74) is -2.63. The van der Waals surface area contributed by atoms with E-state index in [9.17, 15) is 27.6 Å². The van der Waals surface area contributed by atoms with E-state index in [2.05, 4.69) is 0 Å². The second kappa shape index (κ2) is 7.63. The van der Waals surface area contributed by atoms with Crippen LogP contribution in [0.25, 0.3) is 0 Å². The van der Waals surface area contributed by atoms with Crippen LogP contribution in [-0.4, -0.2) is 28.2 Å². The van der Waals surface area contributed by atoms with Crippen molar-refractivity contribution in [3.05, 3.63) is 68.0 Å². The van der Waals surface area contributed by atoms with Gasteiger partial charge < -0.3 is 9.47 Å². The van der Waals surface area contributed by atoms with Gasteiger partial charge in [0, 0.05) is 6.20 Å². The highest BCUT2D eigenvalue weighted by Crippen LogP contribution is 2.30. The first-order chi connectivity index (χ1) is 13.1. The van der Waals surface area contributed by atoms with Crippen LogP contribution in [-0.2, 0) is 15.7 Å². The Morgan fingerprint density at radius 1 is 1.25 bits per heavy atom. The number of hydrogen-bond donors (Lipinski definition) is 1. The highest BCUT2D eigenvalue weighted by Gasteiger charge is 2.36. The molecule has 150 valence electrons. The van der Waals surface area contributed by atoms with Crippen LogP contribution < -0.4 is 11.2 Å². The number of rotatable bonds is 4. The van der Waals surface area contributed by atoms with Gasteiger partial charge in [-0.05, 0) is 31.9 Å². The van der Waals surface area contributed by atoms with Crippen molar-refractivity contribution in [1.82, 2.24) is 9.55 Å². The van der Waals surface area contributed by atoms with Crippen molar-refractivity contribution in [2.24, 2.45) is 0 Å². The fraction of sp³-hybridized carbons (Fsp3) is 0.389. The molecule has 0 amide bonds. The summed E-state index contributed by atoms with van der Waals surface area (Å²) in [6.07, 6.45) is -5.41. The summed E-state index contributed by atoms with van der Waals surface area (Å²) in [4.78, 5) is 36.9. The van der Waals surface area contributed by atoms with Crippen molar-refractivity contribution in [3.8, 4) is 0 Å². The average molecular weight is 398 g/mol. The van der Waals surface area contributed by atoms with Gasteiger partial charge in [-0.25, -0.2) is 9.59 Å². The van der Waals surface area contributed by atoms with E-state index < -0.39 is 41.3 Å². The van der Waals surface area contributed by atoms with Crippen LogP contribution in [0.4, 0.5) is 13.2 Å². The molecular formula is C18H17F3N2O5. The molecule has 0 radical (unpaired) electrons. The largest absolute Gasteiger partial charge is 0.459 e. The van der Waals surface area contributed by atoms with Gasteiger partial charge in [-0.15, -0.1) is 0 Å². The van der Waals surface area contributed by atoms with E-state index in [-0.39, 0.29) is 13.0 Å². The second-order valence-electron chi connectivity index (χ2n) is 6.46. The van der Waals surface area contributed by atoms with Crippen LogP contribution in [0, 0.1) is 6.92 Å². The molecule has 1 saturated heterocycles. The molecule has 1 aromatic carbocycles. The molecule has 2 heterocycles. The zero-order chi connectivity index (χ0) is 20.5. The van der Waals surface area contributed by atoms with E-state index in [1.807, 2.05) is 6.92 Å². The summed E-state index contributed by atoms with van der Waals surface area (Å²) >= 11 is 0. The number of benzene rings is 1. The second-order valence-corrected chi connectivity index (χ2v) is 6.46. The minimum absolute atomic E-state index is 0.104. The summed E-state index contributed by atoms with van der Waals surface area (Å²) in [7, 11) is 0. The van der Waals surface area contributed by atoms with E-state index in [1.54, 1.807) is 29.2 Å². The van der Waals surface area contributed by atoms with Gasteiger partial charge in [-0.3, -0.25) is 14.3 Å². The normalized spacial score (nSPS) is 19.6. The zero-order valence-corrected chi connectivity index (χ0v) is 14.8. The molecular weight excluding hydrogens is 381 g/mol. The third-order valence-electron chi connectivity index (χ3n) is 4.36. The minimum Gasteiger partial charge on any atom is -0.459 e. The lowest BCUT2D eigenvalue weighted by molar-refractivity contribution is -0.139. The van der Waals surface area contributed by atoms with Crippen LogP contribution in [0.1, 0.15) is 40.6 Å². The number of carbonyl (C=O) groups is 1. The summed E-state index contributed by atoms with van der Waals surface area (Å²) in [5, 5.41) is 0. The Bertz CT molecular complexity index is 978. The number of hydrogen-bond acceptors (Lipinski definition) is 5. The summed E-state index contributed by atoms with van der Waals surface area (Å²) in [6.45, 7) is 1.78. The van der Waals surface area contributed by atoms with E-state index >= 15 is 0 Å². The molecule has 2 aromatic rings. The fourth-order valence-corrected chi connectivity index (χ4v) is 2.86. The van der Waals surface area contributed by atoms with Crippen LogP contribution in [0.15, 0.2) is 40.1 Å². The Morgan fingerprint density at radius 3 is 2.57 bits per heavy atom. The maximum absolute atomic E-state index is 12.9. The molecule has 1 aliphatic rings. The number of nitrogens with zero attached hydrogens (tertiary/aromatic N) is 1. The van der Waals surface area contributed by atoms with Crippen LogP contribution in [0.3, 0.4) is 0 Å². The van der Waals surface area contributed by atoms with E-state index in [1.165, 1.54) is 0 Å². The number of esters is 1.